The molecule has 0 aromatic heterocycles. The Morgan fingerprint density at radius 2 is 1.85 bits per heavy atom. The molecule has 0 saturated heterocycles. The fourth-order valence-electron chi connectivity index (χ4n) is 2.87. The zero-order chi connectivity index (χ0) is 13.7. The topological polar surface area (TPSA) is 35.2 Å². The summed E-state index contributed by atoms with van der Waals surface area (Å²) in [7, 11) is 0. The summed E-state index contributed by atoms with van der Waals surface area (Å²) in [4.78, 5) is 0. The van der Waals surface area contributed by atoms with Crippen molar-refractivity contribution in [2.24, 2.45) is 5.73 Å². The van der Waals surface area contributed by atoms with Crippen molar-refractivity contribution in [3.05, 3.63) is 28.8 Å². The molecule has 1 unspecified atom stereocenters. The Morgan fingerprint density at radius 1 is 1.15 bits per heavy atom. The molecule has 0 spiro atoms. The van der Waals surface area contributed by atoms with E-state index in [1.807, 2.05) is 0 Å². The molecule has 0 aliphatic heterocycles. The molecule has 0 bridgehead atoms. The van der Waals surface area contributed by atoms with Gasteiger partial charge in [0.25, 0.3) is 0 Å². The Balaban J connectivity index is 0.00000200. The third-order valence-electron chi connectivity index (χ3n) is 4.06. The molecule has 0 fully saturated rings. The van der Waals surface area contributed by atoms with E-state index in [1.54, 1.807) is 0 Å². The van der Waals surface area contributed by atoms with Gasteiger partial charge in [0.2, 0.25) is 0 Å². The molecule has 20 heavy (non-hydrogen) atoms. The van der Waals surface area contributed by atoms with Crippen LogP contribution in [0, 0.1) is 0 Å². The van der Waals surface area contributed by atoms with Crippen molar-refractivity contribution in [3.8, 4) is 5.75 Å². The molecular weight excluding hydrogens is 270 g/mol. The highest BCUT2D eigenvalue weighted by atomic mass is 35.5. The lowest BCUT2D eigenvalue weighted by Gasteiger charge is -2.24. The van der Waals surface area contributed by atoms with E-state index >= 15 is 0 Å². The molecule has 2 rings (SSSR count). The molecule has 1 aromatic carbocycles. The maximum atomic E-state index is 6.13. The predicted octanol–water partition coefficient (Wildman–Crippen LogP) is 4.06. The van der Waals surface area contributed by atoms with Crippen molar-refractivity contribution >= 4 is 12.4 Å². The minimum Gasteiger partial charge on any atom is -0.493 e. The third-order valence-corrected chi connectivity index (χ3v) is 4.06. The average Bonchev–Trinajstić information content (AvgIpc) is 2.46. The van der Waals surface area contributed by atoms with Gasteiger partial charge in [-0.15, -0.1) is 12.4 Å². The van der Waals surface area contributed by atoms with Gasteiger partial charge in [0.05, 0.1) is 6.61 Å². The number of hydrogen-bond donors (Lipinski definition) is 1. The second kappa shape index (κ2) is 8.53. The molecule has 0 amide bonds. The maximum absolute atomic E-state index is 6.13. The summed E-state index contributed by atoms with van der Waals surface area (Å²) in [5.41, 5.74) is 10.6. The van der Waals surface area contributed by atoms with Gasteiger partial charge >= 0.3 is 0 Å². The van der Waals surface area contributed by atoms with Crippen molar-refractivity contribution in [1.29, 1.82) is 0 Å². The first-order chi connectivity index (χ1) is 9.26. The normalized spacial score (nSPS) is 15.2. The van der Waals surface area contributed by atoms with Crippen LogP contribution in [-0.4, -0.2) is 12.6 Å². The number of fused-ring (bicyclic) bond motifs is 1. The van der Waals surface area contributed by atoms with Crippen LogP contribution in [0.5, 0.6) is 5.75 Å². The van der Waals surface area contributed by atoms with Crippen LogP contribution < -0.4 is 10.5 Å². The number of ether oxygens (including phenoxy) is 1. The van der Waals surface area contributed by atoms with E-state index in [2.05, 4.69) is 26.0 Å². The van der Waals surface area contributed by atoms with E-state index in [0.717, 1.165) is 31.6 Å². The number of hydrogen-bond acceptors (Lipinski definition) is 2. The van der Waals surface area contributed by atoms with E-state index in [9.17, 15) is 0 Å². The third kappa shape index (κ3) is 4.13. The van der Waals surface area contributed by atoms with Gasteiger partial charge in [-0.2, -0.15) is 0 Å². The Kier molecular flexibility index (Phi) is 7.39. The van der Waals surface area contributed by atoms with Crippen molar-refractivity contribution in [3.63, 3.8) is 0 Å². The smallest absolute Gasteiger partial charge is 0.122 e. The Bertz CT molecular complexity index is 420. The standard InChI is InChI=1S/C17H27NO.ClH/c1-3-11-19-17-10-9-13(12-14(18)4-2)15-7-5-6-8-16(15)17;/h9-10,14H,3-8,11-12,18H2,1-2H3;1H. The van der Waals surface area contributed by atoms with Crippen LogP contribution in [0.4, 0.5) is 0 Å². The first kappa shape index (κ1) is 17.3. The van der Waals surface area contributed by atoms with Crippen LogP contribution in [0.25, 0.3) is 0 Å². The van der Waals surface area contributed by atoms with Crippen molar-refractivity contribution in [1.82, 2.24) is 0 Å². The lowest BCUT2D eigenvalue weighted by atomic mass is 9.85. The number of halogens is 1. The fraction of sp³-hybridized carbons (Fsp3) is 0.647. The van der Waals surface area contributed by atoms with Gasteiger partial charge in [-0.3, -0.25) is 0 Å². The number of rotatable bonds is 6. The molecule has 1 aliphatic carbocycles. The van der Waals surface area contributed by atoms with Crippen LogP contribution in [0.15, 0.2) is 12.1 Å². The van der Waals surface area contributed by atoms with Gasteiger partial charge in [0, 0.05) is 6.04 Å². The van der Waals surface area contributed by atoms with Gasteiger partial charge in [-0.25, -0.2) is 0 Å². The molecule has 1 aromatic rings. The molecular formula is C17H28ClNO. The molecule has 1 atom stereocenters. The summed E-state index contributed by atoms with van der Waals surface area (Å²) in [6, 6.07) is 4.69. The zero-order valence-electron chi connectivity index (χ0n) is 12.8. The molecule has 0 heterocycles. The predicted molar refractivity (Wildman–Crippen MR) is 88.1 cm³/mol. The minimum atomic E-state index is 0. The van der Waals surface area contributed by atoms with Crippen LogP contribution in [-0.2, 0) is 19.3 Å². The monoisotopic (exact) mass is 297 g/mol. The second-order valence-corrected chi connectivity index (χ2v) is 5.61. The van der Waals surface area contributed by atoms with Crippen molar-refractivity contribution < 1.29 is 4.74 Å². The molecule has 1 aliphatic rings. The van der Waals surface area contributed by atoms with E-state index in [4.69, 9.17) is 10.5 Å². The zero-order valence-corrected chi connectivity index (χ0v) is 13.6. The van der Waals surface area contributed by atoms with E-state index in [-0.39, 0.29) is 18.4 Å². The van der Waals surface area contributed by atoms with Gasteiger partial charge < -0.3 is 10.5 Å². The fourth-order valence-corrected chi connectivity index (χ4v) is 2.87. The molecule has 114 valence electrons. The first-order valence-corrected chi connectivity index (χ1v) is 7.78. The summed E-state index contributed by atoms with van der Waals surface area (Å²) < 4.78 is 5.91. The van der Waals surface area contributed by atoms with Crippen LogP contribution in [0.1, 0.15) is 56.2 Å². The average molecular weight is 298 g/mol. The molecule has 2 nitrogen and oxygen atoms in total. The van der Waals surface area contributed by atoms with E-state index < -0.39 is 0 Å². The molecule has 0 saturated carbocycles. The largest absolute Gasteiger partial charge is 0.493 e. The summed E-state index contributed by atoms with van der Waals surface area (Å²) in [6.07, 6.45) is 8.08. The second-order valence-electron chi connectivity index (χ2n) is 5.61. The molecule has 2 N–H and O–H groups in total. The Labute approximate surface area is 129 Å². The maximum Gasteiger partial charge on any atom is 0.122 e. The number of nitrogens with two attached hydrogens (primary N) is 1. The van der Waals surface area contributed by atoms with Gasteiger partial charge in [-0.1, -0.05) is 19.9 Å². The van der Waals surface area contributed by atoms with Gasteiger partial charge in [-0.05, 0) is 67.7 Å². The van der Waals surface area contributed by atoms with Gasteiger partial charge in [0.15, 0.2) is 0 Å². The van der Waals surface area contributed by atoms with Crippen molar-refractivity contribution in [2.75, 3.05) is 6.61 Å². The summed E-state index contributed by atoms with van der Waals surface area (Å²) in [5, 5.41) is 0. The first-order valence-electron chi connectivity index (χ1n) is 7.78. The highest BCUT2D eigenvalue weighted by Gasteiger charge is 2.18. The lowest BCUT2D eigenvalue weighted by molar-refractivity contribution is 0.312. The number of benzene rings is 1. The highest BCUT2D eigenvalue weighted by molar-refractivity contribution is 5.85. The lowest BCUT2D eigenvalue weighted by Crippen LogP contribution is -2.23. The van der Waals surface area contributed by atoms with Crippen LogP contribution in [0.3, 0.4) is 0 Å². The SMILES string of the molecule is CCCOc1ccc(CC(N)CC)c2c1CCCC2.Cl. The highest BCUT2D eigenvalue weighted by Crippen LogP contribution is 2.33. The van der Waals surface area contributed by atoms with Crippen molar-refractivity contribution in [2.45, 2.75) is 64.8 Å². The minimum absolute atomic E-state index is 0. The van der Waals surface area contributed by atoms with Gasteiger partial charge in [0.1, 0.15) is 5.75 Å². The molecule has 0 radical (unpaired) electrons. The summed E-state index contributed by atoms with van der Waals surface area (Å²) in [5.74, 6) is 1.12. The van der Waals surface area contributed by atoms with Crippen LogP contribution in [0.2, 0.25) is 0 Å². The van der Waals surface area contributed by atoms with Crippen LogP contribution >= 0.6 is 12.4 Å². The Hall–Kier alpha value is -0.730. The summed E-state index contributed by atoms with van der Waals surface area (Å²) in [6.45, 7) is 5.14. The van der Waals surface area contributed by atoms with E-state index in [0.29, 0.717) is 0 Å². The quantitative estimate of drug-likeness (QED) is 0.859. The summed E-state index contributed by atoms with van der Waals surface area (Å²) >= 11 is 0. The molecule has 3 heteroatoms. The Morgan fingerprint density at radius 3 is 2.50 bits per heavy atom. The van der Waals surface area contributed by atoms with E-state index in [1.165, 1.54) is 42.4 Å².